The van der Waals surface area contributed by atoms with Crippen LogP contribution >= 0.6 is 0 Å². The molecular weight excluding hydrogens is 286 g/mol. The second-order valence-corrected chi connectivity index (χ2v) is 5.74. The molecular formula is C18H26F2O2. The average Bonchev–Trinajstić information content (AvgIpc) is 2.52. The maximum Gasteiger partial charge on any atom is 0.204 e. The molecule has 1 aromatic rings. The number of hydrogen-bond donors (Lipinski definition) is 0. The van der Waals surface area contributed by atoms with Crippen LogP contribution in [0, 0.1) is 23.5 Å². The molecule has 0 aliphatic heterocycles. The molecule has 124 valence electrons. The van der Waals surface area contributed by atoms with Crippen molar-refractivity contribution in [3.8, 4) is 11.5 Å². The zero-order valence-corrected chi connectivity index (χ0v) is 13.7. The van der Waals surface area contributed by atoms with Crippen LogP contribution in [0.25, 0.3) is 0 Å². The van der Waals surface area contributed by atoms with Crippen molar-refractivity contribution < 1.29 is 18.3 Å². The van der Waals surface area contributed by atoms with Crippen LogP contribution in [0.1, 0.15) is 40.0 Å². The van der Waals surface area contributed by atoms with Gasteiger partial charge in [-0.15, -0.1) is 6.58 Å². The van der Waals surface area contributed by atoms with Gasteiger partial charge in [0.25, 0.3) is 0 Å². The van der Waals surface area contributed by atoms with Crippen molar-refractivity contribution in [1.82, 2.24) is 0 Å². The van der Waals surface area contributed by atoms with Gasteiger partial charge in [0.15, 0.2) is 11.5 Å². The van der Waals surface area contributed by atoms with Gasteiger partial charge in [0, 0.05) is 0 Å². The molecule has 0 saturated heterocycles. The highest BCUT2D eigenvalue weighted by Gasteiger charge is 2.16. The normalized spacial score (nSPS) is 13.5. The summed E-state index contributed by atoms with van der Waals surface area (Å²) in [4.78, 5) is 0. The van der Waals surface area contributed by atoms with E-state index in [1.807, 2.05) is 19.9 Å². The third-order valence-corrected chi connectivity index (χ3v) is 3.51. The minimum absolute atomic E-state index is 0.0648. The van der Waals surface area contributed by atoms with Gasteiger partial charge in [0.2, 0.25) is 11.6 Å². The summed E-state index contributed by atoms with van der Waals surface area (Å²) in [7, 11) is 0. The molecule has 0 radical (unpaired) electrons. The maximum atomic E-state index is 13.9. The molecule has 4 heteroatoms. The van der Waals surface area contributed by atoms with Gasteiger partial charge in [-0.25, -0.2) is 0 Å². The number of allylic oxidation sites excluding steroid dienone is 1. The molecule has 0 aromatic heterocycles. The first-order valence-corrected chi connectivity index (χ1v) is 7.85. The predicted molar refractivity (Wildman–Crippen MR) is 85.4 cm³/mol. The first-order valence-electron chi connectivity index (χ1n) is 7.85. The summed E-state index contributed by atoms with van der Waals surface area (Å²) in [5, 5.41) is 0. The van der Waals surface area contributed by atoms with Crippen LogP contribution in [-0.2, 0) is 0 Å². The third kappa shape index (κ3) is 5.66. The van der Waals surface area contributed by atoms with Crippen LogP contribution in [0.2, 0.25) is 0 Å². The molecule has 0 aliphatic rings. The van der Waals surface area contributed by atoms with Crippen LogP contribution in [-0.4, -0.2) is 13.2 Å². The highest BCUT2D eigenvalue weighted by molar-refractivity contribution is 5.35. The first-order chi connectivity index (χ1) is 10.5. The third-order valence-electron chi connectivity index (χ3n) is 3.51. The Morgan fingerprint density at radius 1 is 1.09 bits per heavy atom. The van der Waals surface area contributed by atoms with Crippen LogP contribution in [0.3, 0.4) is 0 Å². The quantitative estimate of drug-likeness (QED) is 0.541. The van der Waals surface area contributed by atoms with E-state index in [2.05, 4.69) is 13.5 Å². The van der Waals surface area contributed by atoms with Crippen molar-refractivity contribution in [3.05, 3.63) is 36.4 Å². The molecule has 0 heterocycles. The van der Waals surface area contributed by atoms with Crippen molar-refractivity contribution in [2.45, 2.75) is 40.0 Å². The lowest BCUT2D eigenvalue weighted by atomic mass is 9.99. The number of halogens is 2. The molecule has 0 amide bonds. The number of benzene rings is 1. The van der Waals surface area contributed by atoms with Crippen molar-refractivity contribution in [2.24, 2.45) is 11.8 Å². The Kier molecular flexibility index (Phi) is 7.92. The first kappa shape index (κ1) is 18.5. The van der Waals surface area contributed by atoms with E-state index in [0.717, 1.165) is 19.3 Å². The van der Waals surface area contributed by atoms with Crippen molar-refractivity contribution in [1.29, 1.82) is 0 Å². The molecule has 0 saturated carbocycles. The summed E-state index contributed by atoms with van der Waals surface area (Å²) in [6.45, 7) is 10.5. The summed E-state index contributed by atoms with van der Waals surface area (Å²) in [5.41, 5.74) is 0. The van der Waals surface area contributed by atoms with Gasteiger partial charge >= 0.3 is 0 Å². The molecule has 0 spiro atoms. The summed E-state index contributed by atoms with van der Waals surface area (Å²) in [5.74, 6) is -1.39. The van der Waals surface area contributed by atoms with Gasteiger partial charge in [0.05, 0.1) is 13.2 Å². The molecule has 0 N–H and O–H groups in total. The molecule has 2 atom stereocenters. The summed E-state index contributed by atoms with van der Waals surface area (Å²) in [6, 6.07) is 2.83. The van der Waals surface area contributed by atoms with Crippen molar-refractivity contribution >= 4 is 0 Å². The fourth-order valence-corrected chi connectivity index (χ4v) is 1.93. The zero-order valence-electron chi connectivity index (χ0n) is 13.7. The Morgan fingerprint density at radius 3 is 2.23 bits per heavy atom. The largest absolute Gasteiger partial charge is 0.490 e. The highest BCUT2D eigenvalue weighted by Crippen LogP contribution is 2.28. The van der Waals surface area contributed by atoms with Gasteiger partial charge in [0.1, 0.15) is 0 Å². The van der Waals surface area contributed by atoms with Gasteiger partial charge in [-0.05, 0) is 43.2 Å². The van der Waals surface area contributed by atoms with Gasteiger partial charge < -0.3 is 9.47 Å². The second kappa shape index (κ2) is 9.44. The Hall–Kier alpha value is -1.58. The fraction of sp³-hybridized carbons (Fsp3) is 0.556. The Labute approximate surface area is 132 Å². The van der Waals surface area contributed by atoms with Crippen molar-refractivity contribution in [2.75, 3.05) is 13.2 Å². The Bertz CT molecular complexity index is 474. The van der Waals surface area contributed by atoms with E-state index >= 15 is 0 Å². The average molecular weight is 312 g/mol. The smallest absolute Gasteiger partial charge is 0.204 e. The predicted octanol–water partition coefficient (Wildman–Crippen LogP) is 5.37. The molecule has 22 heavy (non-hydrogen) atoms. The molecule has 1 rings (SSSR count). The van der Waals surface area contributed by atoms with Gasteiger partial charge in [-0.1, -0.05) is 26.8 Å². The molecule has 0 bridgehead atoms. The van der Waals surface area contributed by atoms with E-state index in [1.54, 1.807) is 0 Å². The molecule has 0 aliphatic carbocycles. The fourth-order valence-electron chi connectivity index (χ4n) is 1.93. The van der Waals surface area contributed by atoms with Crippen LogP contribution in [0.5, 0.6) is 11.5 Å². The van der Waals surface area contributed by atoms with E-state index in [-0.39, 0.29) is 17.4 Å². The minimum Gasteiger partial charge on any atom is -0.490 e. The number of rotatable bonds is 10. The van der Waals surface area contributed by atoms with E-state index in [0.29, 0.717) is 19.1 Å². The molecule has 1 aromatic carbocycles. The topological polar surface area (TPSA) is 18.5 Å². The van der Waals surface area contributed by atoms with Gasteiger partial charge in [-0.3, -0.25) is 0 Å². The van der Waals surface area contributed by atoms with E-state index < -0.39 is 11.6 Å². The minimum atomic E-state index is -0.987. The van der Waals surface area contributed by atoms with Gasteiger partial charge in [-0.2, -0.15) is 8.78 Å². The summed E-state index contributed by atoms with van der Waals surface area (Å²) < 4.78 is 38.3. The summed E-state index contributed by atoms with van der Waals surface area (Å²) >= 11 is 0. The lowest BCUT2D eigenvalue weighted by molar-refractivity contribution is 0.231. The second-order valence-electron chi connectivity index (χ2n) is 5.74. The van der Waals surface area contributed by atoms with Crippen LogP contribution in [0.4, 0.5) is 8.78 Å². The molecule has 0 fully saturated rings. The monoisotopic (exact) mass is 312 g/mol. The Balaban J connectivity index is 2.55. The SMILES string of the molecule is C=CC(C)CCC(C)COc1ccc(OCCC)c(F)c1F. The summed E-state index contributed by atoms with van der Waals surface area (Å²) in [6.07, 6.45) is 4.61. The Morgan fingerprint density at radius 2 is 1.68 bits per heavy atom. The van der Waals surface area contributed by atoms with E-state index in [1.165, 1.54) is 12.1 Å². The van der Waals surface area contributed by atoms with E-state index in [4.69, 9.17) is 9.47 Å². The highest BCUT2D eigenvalue weighted by atomic mass is 19.2. The molecule has 2 unspecified atom stereocenters. The van der Waals surface area contributed by atoms with E-state index in [9.17, 15) is 8.78 Å². The zero-order chi connectivity index (χ0) is 16.5. The standard InChI is InChI=1S/C18H26F2O2/c1-5-11-21-15-9-10-16(18(20)17(15)19)22-12-14(4)8-7-13(3)6-2/h6,9-10,13-14H,2,5,7-8,11-12H2,1,3-4H3. The lowest BCUT2D eigenvalue weighted by Crippen LogP contribution is -2.11. The maximum absolute atomic E-state index is 13.9. The number of ether oxygens (including phenoxy) is 2. The lowest BCUT2D eigenvalue weighted by Gasteiger charge is -2.15. The van der Waals surface area contributed by atoms with Crippen molar-refractivity contribution in [3.63, 3.8) is 0 Å². The van der Waals surface area contributed by atoms with Crippen LogP contribution < -0.4 is 9.47 Å². The molecule has 2 nitrogen and oxygen atoms in total. The van der Waals surface area contributed by atoms with Crippen LogP contribution in [0.15, 0.2) is 24.8 Å². The number of hydrogen-bond acceptors (Lipinski definition) is 2.